The zero-order valence-corrected chi connectivity index (χ0v) is 9.46. The van der Waals surface area contributed by atoms with Gasteiger partial charge in [0.1, 0.15) is 6.33 Å². The Morgan fingerprint density at radius 1 is 1.24 bits per heavy atom. The Morgan fingerprint density at radius 3 is 2.88 bits per heavy atom. The van der Waals surface area contributed by atoms with Gasteiger partial charge in [-0.2, -0.15) is 5.10 Å². The van der Waals surface area contributed by atoms with Gasteiger partial charge >= 0.3 is 0 Å². The highest BCUT2D eigenvalue weighted by atomic mass is 35.5. The molecule has 3 aromatic rings. The summed E-state index contributed by atoms with van der Waals surface area (Å²) in [6.45, 7) is 0. The number of benzene rings is 1. The molecule has 84 valence electrons. The summed E-state index contributed by atoms with van der Waals surface area (Å²) in [6.07, 6.45) is 4.74. The van der Waals surface area contributed by atoms with Crippen molar-refractivity contribution >= 4 is 28.2 Å². The largest absolute Gasteiger partial charge is 0.399 e. The summed E-state index contributed by atoms with van der Waals surface area (Å²) in [6, 6.07) is 5.47. The number of nitrogen functional groups attached to an aromatic ring is 1. The third-order valence-corrected chi connectivity index (χ3v) is 2.60. The number of hydrogen-bond acceptors (Lipinski definition) is 4. The molecule has 2 heterocycles. The summed E-state index contributed by atoms with van der Waals surface area (Å²) < 4.78 is 1.61. The molecule has 0 aliphatic carbocycles. The number of halogens is 1. The van der Waals surface area contributed by atoms with Gasteiger partial charge in [0.15, 0.2) is 5.82 Å². The predicted octanol–water partition coefficient (Wildman–Crippen LogP) is 2.05. The molecular formula is C11H8ClN5. The molecule has 0 radical (unpaired) electrons. The molecule has 0 bridgehead atoms. The molecule has 0 unspecified atom stereocenters. The summed E-state index contributed by atoms with van der Waals surface area (Å²) in [5.41, 5.74) is 7.16. The van der Waals surface area contributed by atoms with E-state index in [2.05, 4.69) is 15.1 Å². The van der Waals surface area contributed by atoms with E-state index < -0.39 is 0 Å². The number of aromatic nitrogens is 4. The molecule has 17 heavy (non-hydrogen) atoms. The molecule has 1 aromatic carbocycles. The van der Waals surface area contributed by atoms with Gasteiger partial charge in [-0.3, -0.25) is 0 Å². The summed E-state index contributed by atoms with van der Waals surface area (Å²) in [5, 5.41) is 5.56. The predicted molar refractivity (Wildman–Crippen MR) is 66.1 cm³/mol. The minimum atomic E-state index is 0.562. The molecular weight excluding hydrogens is 238 g/mol. The Balaban J connectivity index is 2.30. The van der Waals surface area contributed by atoms with Crippen LogP contribution in [0.15, 0.2) is 36.9 Å². The van der Waals surface area contributed by atoms with Crippen molar-refractivity contribution in [3.05, 3.63) is 41.9 Å². The van der Waals surface area contributed by atoms with E-state index in [-0.39, 0.29) is 0 Å². The maximum absolute atomic E-state index is 5.84. The van der Waals surface area contributed by atoms with Gasteiger partial charge in [0.05, 0.1) is 22.9 Å². The van der Waals surface area contributed by atoms with Crippen LogP contribution in [0.3, 0.4) is 0 Å². The first kappa shape index (κ1) is 10.0. The topological polar surface area (TPSA) is 69.6 Å². The van der Waals surface area contributed by atoms with Crippen molar-refractivity contribution in [1.82, 2.24) is 19.7 Å². The fraction of sp³-hybridized carbons (Fsp3) is 0. The second-order valence-electron chi connectivity index (χ2n) is 3.58. The second kappa shape index (κ2) is 3.71. The van der Waals surface area contributed by atoms with Crippen LogP contribution in [0.25, 0.3) is 16.7 Å². The second-order valence-corrected chi connectivity index (χ2v) is 4.01. The van der Waals surface area contributed by atoms with Crippen LogP contribution in [0.5, 0.6) is 0 Å². The number of fused-ring (bicyclic) bond motifs is 1. The minimum absolute atomic E-state index is 0.562. The van der Waals surface area contributed by atoms with E-state index in [0.717, 1.165) is 10.9 Å². The SMILES string of the molecule is Nc1ccc2c(-n3cc(Cl)cn3)ncnc2c1. The van der Waals surface area contributed by atoms with E-state index in [4.69, 9.17) is 17.3 Å². The van der Waals surface area contributed by atoms with Crippen LogP contribution < -0.4 is 5.73 Å². The molecule has 0 aliphatic heterocycles. The van der Waals surface area contributed by atoms with Gasteiger partial charge in [-0.1, -0.05) is 11.6 Å². The van der Waals surface area contributed by atoms with Crippen LogP contribution in [0.4, 0.5) is 5.69 Å². The van der Waals surface area contributed by atoms with Crippen molar-refractivity contribution in [3.8, 4) is 5.82 Å². The smallest absolute Gasteiger partial charge is 0.164 e. The highest BCUT2D eigenvalue weighted by Crippen LogP contribution is 2.20. The molecule has 0 spiro atoms. The Morgan fingerprint density at radius 2 is 2.12 bits per heavy atom. The summed E-state index contributed by atoms with van der Waals surface area (Å²) in [7, 11) is 0. The zero-order valence-electron chi connectivity index (χ0n) is 8.71. The fourth-order valence-corrected chi connectivity index (χ4v) is 1.80. The molecule has 0 saturated heterocycles. The molecule has 5 nitrogen and oxygen atoms in total. The molecule has 0 aliphatic rings. The van der Waals surface area contributed by atoms with Gasteiger partial charge in [0.2, 0.25) is 0 Å². The van der Waals surface area contributed by atoms with Crippen LogP contribution in [0, 0.1) is 0 Å². The monoisotopic (exact) mass is 245 g/mol. The van der Waals surface area contributed by atoms with E-state index in [1.165, 1.54) is 6.33 Å². The van der Waals surface area contributed by atoms with Gasteiger partial charge < -0.3 is 5.73 Å². The van der Waals surface area contributed by atoms with Crippen molar-refractivity contribution in [3.63, 3.8) is 0 Å². The van der Waals surface area contributed by atoms with Crippen molar-refractivity contribution in [2.45, 2.75) is 0 Å². The average Bonchev–Trinajstić information content (AvgIpc) is 2.74. The quantitative estimate of drug-likeness (QED) is 0.666. The highest BCUT2D eigenvalue weighted by molar-refractivity contribution is 6.30. The van der Waals surface area contributed by atoms with Crippen molar-refractivity contribution in [2.24, 2.45) is 0 Å². The van der Waals surface area contributed by atoms with Crippen molar-refractivity contribution in [1.29, 1.82) is 0 Å². The van der Waals surface area contributed by atoms with E-state index >= 15 is 0 Å². The molecule has 3 rings (SSSR count). The van der Waals surface area contributed by atoms with Crippen molar-refractivity contribution < 1.29 is 0 Å². The lowest BCUT2D eigenvalue weighted by Gasteiger charge is -2.04. The first-order valence-corrected chi connectivity index (χ1v) is 5.32. The molecule has 2 N–H and O–H groups in total. The van der Waals surface area contributed by atoms with E-state index in [1.807, 2.05) is 6.07 Å². The fourth-order valence-electron chi connectivity index (χ4n) is 1.66. The van der Waals surface area contributed by atoms with Crippen molar-refractivity contribution in [2.75, 3.05) is 5.73 Å². The van der Waals surface area contributed by atoms with E-state index in [1.54, 1.807) is 29.2 Å². The number of rotatable bonds is 1. The number of nitrogens with two attached hydrogens (primary N) is 1. The van der Waals surface area contributed by atoms with Gasteiger partial charge in [-0.05, 0) is 18.2 Å². The standard InChI is InChI=1S/C11H8ClN5/c12-7-4-16-17(5-7)11-9-2-1-8(13)3-10(9)14-6-15-11/h1-6H,13H2. The van der Waals surface area contributed by atoms with Gasteiger partial charge in [0.25, 0.3) is 0 Å². The zero-order chi connectivity index (χ0) is 11.8. The van der Waals surface area contributed by atoms with Crippen LogP contribution in [-0.2, 0) is 0 Å². The molecule has 2 aromatic heterocycles. The molecule has 0 atom stereocenters. The Kier molecular flexibility index (Phi) is 2.19. The van der Waals surface area contributed by atoms with Gasteiger partial charge in [-0.15, -0.1) is 0 Å². The summed E-state index contributed by atoms with van der Waals surface area (Å²) >= 11 is 5.84. The first-order valence-electron chi connectivity index (χ1n) is 4.95. The van der Waals surface area contributed by atoms with Gasteiger partial charge in [-0.25, -0.2) is 14.6 Å². The third-order valence-electron chi connectivity index (χ3n) is 2.41. The normalized spacial score (nSPS) is 10.9. The van der Waals surface area contributed by atoms with E-state index in [9.17, 15) is 0 Å². The van der Waals surface area contributed by atoms with Crippen LogP contribution in [0.1, 0.15) is 0 Å². The number of nitrogens with zero attached hydrogens (tertiary/aromatic N) is 4. The van der Waals surface area contributed by atoms with E-state index in [0.29, 0.717) is 16.5 Å². The summed E-state index contributed by atoms with van der Waals surface area (Å²) in [4.78, 5) is 8.38. The maximum Gasteiger partial charge on any atom is 0.164 e. The summed E-state index contributed by atoms with van der Waals surface area (Å²) in [5.74, 6) is 0.682. The van der Waals surface area contributed by atoms with Crippen LogP contribution >= 0.6 is 11.6 Å². The van der Waals surface area contributed by atoms with Crippen LogP contribution in [-0.4, -0.2) is 19.7 Å². The third kappa shape index (κ3) is 1.70. The highest BCUT2D eigenvalue weighted by Gasteiger charge is 2.07. The maximum atomic E-state index is 5.84. The Labute approximate surface area is 102 Å². The lowest BCUT2D eigenvalue weighted by molar-refractivity contribution is 0.851. The first-order chi connectivity index (χ1) is 8.24. The van der Waals surface area contributed by atoms with Gasteiger partial charge in [0, 0.05) is 11.1 Å². The molecule has 0 amide bonds. The number of anilines is 1. The molecule has 0 fully saturated rings. The molecule has 6 heteroatoms. The Hall–Kier alpha value is -2.14. The lowest BCUT2D eigenvalue weighted by atomic mass is 10.2. The lowest BCUT2D eigenvalue weighted by Crippen LogP contribution is -2.00. The Bertz CT molecular complexity index is 691. The van der Waals surface area contributed by atoms with Crippen LogP contribution in [0.2, 0.25) is 5.02 Å². The number of hydrogen-bond donors (Lipinski definition) is 1. The molecule has 0 saturated carbocycles. The average molecular weight is 246 g/mol. The minimum Gasteiger partial charge on any atom is -0.399 e.